The lowest BCUT2D eigenvalue weighted by molar-refractivity contribution is 0.00201. The van der Waals surface area contributed by atoms with Gasteiger partial charge in [-0.2, -0.15) is 0 Å². The van der Waals surface area contributed by atoms with E-state index in [4.69, 9.17) is 4.74 Å². The molecule has 1 fully saturated rings. The summed E-state index contributed by atoms with van der Waals surface area (Å²) in [6.45, 7) is 17.0. The average Bonchev–Trinajstić information content (AvgIpc) is 2.82. The van der Waals surface area contributed by atoms with Crippen LogP contribution in [0.5, 0.6) is 0 Å². The molecule has 0 aliphatic carbocycles. The highest BCUT2D eigenvalue weighted by Gasteiger charge is 2.20. The van der Waals surface area contributed by atoms with Crippen LogP contribution in [0.3, 0.4) is 0 Å². The van der Waals surface area contributed by atoms with Crippen molar-refractivity contribution in [3.05, 3.63) is 77.0 Å². The molecule has 2 aromatic carbocycles. The van der Waals surface area contributed by atoms with Crippen LogP contribution in [0.15, 0.2) is 54.7 Å². The van der Waals surface area contributed by atoms with Gasteiger partial charge in [0, 0.05) is 50.7 Å². The van der Waals surface area contributed by atoms with E-state index >= 15 is 0 Å². The number of piperazine rings is 1. The lowest BCUT2D eigenvalue weighted by atomic mass is 10.1. The summed E-state index contributed by atoms with van der Waals surface area (Å²) in [7, 11) is 0. The van der Waals surface area contributed by atoms with Gasteiger partial charge in [0.15, 0.2) is 0 Å². The largest absolute Gasteiger partial charge is 0.389 e. The molecule has 0 radical (unpaired) electrons. The second-order valence-corrected chi connectivity index (χ2v) is 9.66. The van der Waals surface area contributed by atoms with Crippen LogP contribution in [-0.4, -0.2) is 66.9 Å². The standard InChI is InChI=1S/C29H43N3O2/c1-5-6-10-26-11-13-27(14-12-26)21-34-22-28(33)20-32-17-15-31(16-18-32)19-25(4)30-29-23(2)8-7-9-24(29)3/h7-9,11-14,28,30,33H,4-6,10,15-22H2,1-3H3. The van der Waals surface area contributed by atoms with Crippen LogP contribution in [0.4, 0.5) is 5.69 Å². The van der Waals surface area contributed by atoms with Crippen molar-refractivity contribution in [2.75, 3.05) is 51.2 Å². The highest BCUT2D eigenvalue weighted by atomic mass is 16.5. The van der Waals surface area contributed by atoms with Crippen molar-refractivity contribution >= 4 is 5.69 Å². The zero-order valence-corrected chi connectivity index (χ0v) is 21.4. The van der Waals surface area contributed by atoms with Gasteiger partial charge in [0.05, 0.1) is 19.3 Å². The number of hydrogen-bond donors (Lipinski definition) is 2. The zero-order valence-electron chi connectivity index (χ0n) is 21.4. The minimum atomic E-state index is -0.462. The number of β-amino-alcohol motifs (C(OH)–C–C–N with tert-alkyl or cyclic N) is 1. The number of benzene rings is 2. The van der Waals surface area contributed by atoms with Gasteiger partial charge in [-0.1, -0.05) is 62.4 Å². The quantitative estimate of drug-likeness (QED) is 0.446. The number of rotatable bonds is 13. The lowest BCUT2D eigenvalue weighted by Gasteiger charge is -2.36. The van der Waals surface area contributed by atoms with Crippen molar-refractivity contribution in [3.8, 4) is 0 Å². The van der Waals surface area contributed by atoms with Gasteiger partial charge in [0.2, 0.25) is 0 Å². The van der Waals surface area contributed by atoms with Crippen LogP contribution in [0.2, 0.25) is 0 Å². The zero-order chi connectivity index (χ0) is 24.3. The third-order valence-electron chi connectivity index (χ3n) is 6.55. The molecular formula is C29H43N3O2. The number of unbranched alkanes of at least 4 members (excludes halogenated alkanes) is 1. The fourth-order valence-electron chi connectivity index (χ4n) is 4.47. The Morgan fingerprint density at radius 2 is 1.62 bits per heavy atom. The van der Waals surface area contributed by atoms with Crippen LogP contribution in [0.25, 0.3) is 0 Å². The SMILES string of the molecule is C=C(CN1CCN(CC(O)COCc2ccc(CCCC)cc2)CC1)Nc1c(C)cccc1C. The number of nitrogens with one attached hydrogen (secondary N) is 1. The third kappa shape index (κ3) is 8.55. The Balaban J connectivity index is 1.31. The molecule has 1 unspecified atom stereocenters. The first-order chi connectivity index (χ1) is 16.4. The molecule has 3 rings (SSSR count). The van der Waals surface area contributed by atoms with E-state index in [1.165, 1.54) is 35.2 Å². The highest BCUT2D eigenvalue weighted by Crippen LogP contribution is 2.21. The molecule has 1 heterocycles. The van der Waals surface area contributed by atoms with Crippen molar-refractivity contribution in [1.82, 2.24) is 9.80 Å². The molecular weight excluding hydrogens is 422 g/mol. The summed E-state index contributed by atoms with van der Waals surface area (Å²) in [4.78, 5) is 4.75. The van der Waals surface area contributed by atoms with Gasteiger partial charge in [-0.05, 0) is 48.9 Å². The summed E-state index contributed by atoms with van der Waals surface area (Å²) >= 11 is 0. The van der Waals surface area contributed by atoms with Crippen molar-refractivity contribution in [2.24, 2.45) is 0 Å². The Hall–Kier alpha value is -2.18. The summed E-state index contributed by atoms with van der Waals surface area (Å²) < 4.78 is 5.79. The van der Waals surface area contributed by atoms with Crippen molar-refractivity contribution in [2.45, 2.75) is 52.7 Å². The summed E-state index contributed by atoms with van der Waals surface area (Å²) in [5, 5.41) is 14.0. The number of ether oxygens (including phenoxy) is 1. The Bertz CT molecular complexity index is 868. The van der Waals surface area contributed by atoms with Crippen molar-refractivity contribution < 1.29 is 9.84 Å². The van der Waals surface area contributed by atoms with Crippen molar-refractivity contribution in [3.63, 3.8) is 0 Å². The van der Waals surface area contributed by atoms with Crippen LogP contribution in [-0.2, 0) is 17.8 Å². The fourth-order valence-corrected chi connectivity index (χ4v) is 4.47. The van der Waals surface area contributed by atoms with Gasteiger partial charge in [-0.3, -0.25) is 9.80 Å². The molecule has 0 aromatic heterocycles. The van der Waals surface area contributed by atoms with Gasteiger partial charge < -0.3 is 15.2 Å². The third-order valence-corrected chi connectivity index (χ3v) is 6.55. The number of aliphatic hydroxyl groups excluding tert-OH is 1. The second-order valence-electron chi connectivity index (χ2n) is 9.66. The number of hydrogen-bond acceptors (Lipinski definition) is 5. The Morgan fingerprint density at radius 3 is 2.26 bits per heavy atom. The molecule has 0 bridgehead atoms. The number of aliphatic hydroxyl groups is 1. The molecule has 186 valence electrons. The van der Waals surface area contributed by atoms with Gasteiger partial charge in [-0.25, -0.2) is 0 Å². The average molecular weight is 466 g/mol. The maximum Gasteiger partial charge on any atom is 0.0900 e. The highest BCUT2D eigenvalue weighted by molar-refractivity contribution is 5.59. The first kappa shape index (κ1) is 26.4. The Labute approximate surface area is 206 Å². The predicted octanol–water partition coefficient (Wildman–Crippen LogP) is 4.77. The number of anilines is 1. The maximum absolute atomic E-state index is 10.4. The smallest absolute Gasteiger partial charge is 0.0900 e. The molecule has 1 saturated heterocycles. The van der Waals surface area contributed by atoms with Gasteiger partial charge >= 0.3 is 0 Å². The van der Waals surface area contributed by atoms with Crippen LogP contribution in [0, 0.1) is 13.8 Å². The van der Waals surface area contributed by atoms with Crippen LogP contribution in [0.1, 0.15) is 42.0 Å². The number of nitrogens with zero attached hydrogens (tertiary/aromatic N) is 2. The van der Waals surface area contributed by atoms with E-state index in [-0.39, 0.29) is 0 Å². The maximum atomic E-state index is 10.4. The molecule has 2 aromatic rings. The molecule has 5 nitrogen and oxygen atoms in total. The molecule has 2 N–H and O–H groups in total. The Kier molecular flexibility index (Phi) is 10.6. The van der Waals surface area contributed by atoms with E-state index < -0.39 is 6.10 Å². The molecule has 0 saturated carbocycles. The summed E-state index contributed by atoms with van der Waals surface area (Å²) in [5.41, 5.74) is 7.22. The topological polar surface area (TPSA) is 48.0 Å². The van der Waals surface area contributed by atoms with E-state index in [2.05, 4.69) is 84.9 Å². The minimum Gasteiger partial charge on any atom is -0.389 e. The molecule has 5 heteroatoms. The monoisotopic (exact) mass is 465 g/mol. The first-order valence-corrected chi connectivity index (χ1v) is 12.7. The second kappa shape index (κ2) is 13.6. The van der Waals surface area contributed by atoms with E-state index in [1.54, 1.807) is 0 Å². The number of aryl methyl sites for hydroxylation is 3. The molecule has 0 amide bonds. The molecule has 34 heavy (non-hydrogen) atoms. The number of para-hydroxylation sites is 1. The molecule has 1 aliphatic rings. The van der Waals surface area contributed by atoms with E-state index in [1.807, 2.05) is 0 Å². The van der Waals surface area contributed by atoms with Crippen LogP contribution >= 0.6 is 0 Å². The Morgan fingerprint density at radius 1 is 1.00 bits per heavy atom. The first-order valence-electron chi connectivity index (χ1n) is 12.7. The van der Waals surface area contributed by atoms with Crippen LogP contribution < -0.4 is 5.32 Å². The predicted molar refractivity (Wildman–Crippen MR) is 142 cm³/mol. The van der Waals surface area contributed by atoms with Gasteiger partial charge in [0.25, 0.3) is 0 Å². The molecule has 1 aliphatic heterocycles. The van der Waals surface area contributed by atoms with E-state index in [0.29, 0.717) is 19.8 Å². The molecule has 1 atom stereocenters. The van der Waals surface area contributed by atoms with E-state index in [0.717, 1.165) is 50.4 Å². The van der Waals surface area contributed by atoms with Crippen molar-refractivity contribution in [1.29, 1.82) is 0 Å². The molecule has 0 spiro atoms. The van der Waals surface area contributed by atoms with Gasteiger partial charge in [-0.15, -0.1) is 0 Å². The van der Waals surface area contributed by atoms with Gasteiger partial charge in [0.1, 0.15) is 0 Å². The van der Waals surface area contributed by atoms with E-state index in [9.17, 15) is 5.11 Å². The fraction of sp³-hybridized carbons (Fsp3) is 0.517. The normalized spacial score (nSPS) is 15.9. The summed E-state index contributed by atoms with van der Waals surface area (Å²) in [6, 6.07) is 15.0. The minimum absolute atomic E-state index is 0.369. The summed E-state index contributed by atoms with van der Waals surface area (Å²) in [5.74, 6) is 0. The summed E-state index contributed by atoms with van der Waals surface area (Å²) in [6.07, 6.45) is 3.13. The lowest BCUT2D eigenvalue weighted by Crippen LogP contribution is -2.49.